The van der Waals surface area contributed by atoms with E-state index in [1.54, 1.807) is 4.90 Å². The van der Waals surface area contributed by atoms with Gasteiger partial charge in [-0.15, -0.1) is 0 Å². The van der Waals surface area contributed by atoms with Crippen molar-refractivity contribution in [2.75, 3.05) is 13.1 Å². The van der Waals surface area contributed by atoms with Crippen LogP contribution in [-0.2, 0) is 21.4 Å². The molecule has 31 heavy (non-hydrogen) atoms. The summed E-state index contributed by atoms with van der Waals surface area (Å²) >= 11 is 0. The Morgan fingerprint density at radius 1 is 1.19 bits per heavy atom. The quantitative estimate of drug-likeness (QED) is 0.397. The van der Waals surface area contributed by atoms with Gasteiger partial charge in [-0.25, -0.2) is 13.2 Å². The van der Waals surface area contributed by atoms with E-state index < -0.39 is 26.6 Å². The Kier molecular flexibility index (Phi) is 5.44. The lowest BCUT2D eigenvalue weighted by atomic mass is 9.95. The predicted molar refractivity (Wildman–Crippen MR) is 112 cm³/mol. The Labute approximate surface area is 180 Å². The van der Waals surface area contributed by atoms with Crippen LogP contribution in [-0.4, -0.2) is 53.3 Å². The molecule has 0 aromatic heterocycles. The van der Waals surface area contributed by atoms with Crippen LogP contribution in [0.25, 0.3) is 0 Å². The van der Waals surface area contributed by atoms with Gasteiger partial charge < -0.3 is 9.64 Å². The van der Waals surface area contributed by atoms with E-state index in [-0.39, 0.29) is 29.8 Å². The number of rotatable bonds is 5. The number of nitro groups is 1. The average molecular weight is 445 g/mol. The van der Waals surface area contributed by atoms with Crippen molar-refractivity contribution in [2.45, 2.75) is 42.8 Å². The van der Waals surface area contributed by atoms with E-state index in [9.17, 15) is 23.3 Å². The van der Waals surface area contributed by atoms with Crippen LogP contribution in [0.5, 0.6) is 0 Å². The lowest BCUT2D eigenvalue weighted by Gasteiger charge is -2.32. The summed E-state index contributed by atoms with van der Waals surface area (Å²) in [6.45, 7) is 2.74. The van der Waals surface area contributed by atoms with Crippen LogP contribution < -0.4 is 0 Å². The second kappa shape index (κ2) is 7.93. The first-order chi connectivity index (χ1) is 14.8. The number of likely N-dealkylation sites (tertiary alicyclic amines) is 1. The fourth-order valence-corrected chi connectivity index (χ4v) is 6.40. The van der Waals surface area contributed by atoms with Gasteiger partial charge in [0.15, 0.2) is 0 Å². The molecule has 10 heteroatoms. The number of benzene rings is 2. The van der Waals surface area contributed by atoms with E-state index in [1.165, 1.54) is 28.6 Å². The van der Waals surface area contributed by atoms with E-state index in [2.05, 4.69) is 0 Å². The number of amides is 1. The number of nitro benzene ring substituents is 1. The molecule has 3 atom stereocenters. The van der Waals surface area contributed by atoms with Crippen molar-refractivity contribution in [3.8, 4) is 0 Å². The van der Waals surface area contributed by atoms with Gasteiger partial charge in [-0.3, -0.25) is 10.1 Å². The Morgan fingerprint density at radius 3 is 2.52 bits per heavy atom. The Balaban J connectivity index is 1.46. The van der Waals surface area contributed by atoms with Crippen molar-refractivity contribution >= 4 is 21.8 Å². The van der Waals surface area contributed by atoms with Crippen LogP contribution in [0, 0.1) is 10.1 Å². The summed E-state index contributed by atoms with van der Waals surface area (Å²) in [6.07, 6.45) is 0.842. The molecule has 0 bridgehead atoms. The number of nitrogens with zero attached hydrogens (tertiary/aromatic N) is 3. The predicted octanol–water partition coefficient (Wildman–Crippen LogP) is 3.16. The van der Waals surface area contributed by atoms with Crippen LogP contribution in [0.4, 0.5) is 10.5 Å². The zero-order valence-electron chi connectivity index (χ0n) is 17.0. The second-order valence-corrected chi connectivity index (χ2v) is 9.71. The first kappa shape index (κ1) is 21.3. The Hall–Kier alpha value is -2.98. The van der Waals surface area contributed by atoms with Gasteiger partial charge in [0, 0.05) is 31.3 Å². The second-order valence-electron chi connectivity index (χ2n) is 7.90. The molecule has 2 aromatic rings. The third-order valence-electron chi connectivity index (χ3n) is 6.07. The standard InChI is InChI=1S/C21H23N3O6S/c1-16-21(23(16)31(28,29)19-10-8-18(9-11-19)24(26)27)12-5-13-22(15-21)20(25)30-14-17-6-3-2-4-7-17/h2-4,6-11,16H,5,12-15H2,1H3. The minimum Gasteiger partial charge on any atom is -0.445 e. The molecule has 4 rings (SSSR count). The molecule has 0 aliphatic carbocycles. The summed E-state index contributed by atoms with van der Waals surface area (Å²) in [6, 6.07) is 13.9. The lowest BCUT2D eigenvalue weighted by Crippen LogP contribution is -2.47. The maximum Gasteiger partial charge on any atom is 0.410 e. The van der Waals surface area contributed by atoms with Crippen LogP contribution in [0.1, 0.15) is 25.3 Å². The lowest BCUT2D eigenvalue weighted by molar-refractivity contribution is -0.384. The number of sulfonamides is 1. The fourth-order valence-electron chi connectivity index (χ4n) is 4.35. The van der Waals surface area contributed by atoms with Gasteiger partial charge in [-0.2, -0.15) is 4.31 Å². The minimum atomic E-state index is -3.84. The molecule has 2 heterocycles. The van der Waals surface area contributed by atoms with Crippen molar-refractivity contribution in [1.29, 1.82) is 0 Å². The van der Waals surface area contributed by atoms with Gasteiger partial charge in [0.25, 0.3) is 5.69 Å². The molecule has 0 radical (unpaired) electrons. The smallest absolute Gasteiger partial charge is 0.410 e. The highest BCUT2D eigenvalue weighted by molar-refractivity contribution is 7.89. The number of ether oxygens (including phenoxy) is 1. The van der Waals surface area contributed by atoms with Crippen LogP contribution in [0.15, 0.2) is 59.5 Å². The van der Waals surface area contributed by atoms with Gasteiger partial charge in [0.05, 0.1) is 15.4 Å². The number of non-ortho nitro benzene ring substituents is 1. The zero-order valence-corrected chi connectivity index (χ0v) is 17.8. The molecule has 2 aromatic carbocycles. The normalized spacial score (nSPS) is 25.3. The van der Waals surface area contributed by atoms with Crippen LogP contribution in [0.3, 0.4) is 0 Å². The number of carbonyl (C=O) groups is 1. The molecule has 1 amide bonds. The van der Waals surface area contributed by atoms with Gasteiger partial charge in [0.2, 0.25) is 10.0 Å². The molecule has 2 aliphatic heterocycles. The Bertz CT molecular complexity index is 1090. The first-order valence-electron chi connectivity index (χ1n) is 10.0. The number of piperidine rings is 1. The summed E-state index contributed by atoms with van der Waals surface area (Å²) in [5, 5.41) is 10.8. The van der Waals surface area contributed by atoms with Gasteiger partial charge in [-0.05, 0) is 37.5 Å². The van der Waals surface area contributed by atoms with Crippen molar-refractivity contribution < 1.29 is 22.9 Å². The summed E-state index contributed by atoms with van der Waals surface area (Å²) in [7, 11) is -3.84. The molecule has 0 saturated carbocycles. The van der Waals surface area contributed by atoms with Crippen molar-refractivity contribution in [3.05, 3.63) is 70.3 Å². The van der Waals surface area contributed by atoms with E-state index in [1.807, 2.05) is 37.3 Å². The van der Waals surface area contributed by atoms with E-state index in [0.717, 1.165) is 5.56 Å². The van der Waals surface area contributed by atoms with Gasteiger partial charge in [-0.1, -0.05) is 30.3 Å². The number of hydrogen-bond acceptors (Lipinski definition) is 6. The van der Waals surface area contributed by atoms with E-state index in [0.29, 0.717) is 19.4 Å². The van der Waals surface area contributed by atoms with Gasteiger partial charge >= 0.3 is 6.09 Å². The highest BCUT2D eigenvalue weighted by Crippen LogP contribution is 2.51. The molecule has 0 N–H and O–H groups in total. The molecule has 2 saturated heterocycles. The van der Waals surface area contributed by atoms with Gasteiger partial charge in [0.1, 0.15) is 6.61 Å². The maximum absolute atomic E-state index is 13.2. The Morgan fingerprint density at radius 2 is 1.87 bits per heavy atom. The summed E-state index contributed by atoms with van der Waals surface area (Å²) in [5.41, 5.74) is 0.0344. The minimum absolute atomic E-state index is 0.00519. The van der Waals surface area contributed by atoms with Crippen molar-refractivity contribution in [2.24, 2.45) is 0 Å². The largest absolute Gasteiger partial charge is 0.445 e. The highest BCUT2D eigenvalue weighted by atomic mass is 32.2. The molecule has 1 spiro atoms. The molecule has 2 aliphatic rings. The van der Waals surface area contributed by atoms with Crippen LogP contribution in [0.2, 0.25) is 0 Å². The first-order valence-corrected chi connectivity index (χ1v) is 11.4. The summed E-state index contributed by atoms with van der Waals surface area (Å²) in [5.74, 6) is 0. The molecule has 9 nitrogen and oxygen atoms in total. The molecule has 164 valence electrons. The molecular weight excluding hydrogens is 422 g/mol. The monoisotopic (exact) mass is 445 g/mol. The number of hydrogen-bond donors (Lipinski definition) is 0. The zero-order chi connectivity index (χ0) is 22.2. The third kappa shape index (κ3) is 3.88. The molecule has 2 fully saturated rings. The van der Waals surface area contributed by atoms with E-state index in [4.69, 9.17) is 4.74 Å². The van der Waals surface area contributed by atoms with Crippen molar-refractivity contribution in [1.82, 2.24) is 9.21 Å². The third-order valence-corrected chi connectivity index (χ3v) is 8.14. The summed E-state index contributed by atoms with van der Waals surface area (Å²) < 4.78 is 33.2. The van der Waals surface area contributed by atoms with Crippen molar-refractivity contribution in [3.63, 3.8) is 0 Å². The SMILES string of the molecule is CC1N(S(=O)(=O)c2ccc([N+](=O)[O-])cc2)C12CCCN(C(=O)OCc1ccccc1)C2. The maximum atomic E-state index is 13.2. The molecule has 3 unspecified atom stereocenters. The average Bonchev–Trinajstić information content (AvgIpc) is 3.34. The fraction of sp³-hybridized carbons (Fsp3) is 0.381. The number of carbonyl (C=O) groups excluding carboxylic acids is 1. The van der Waals surface area contributed by atoms with E-state index >= 15 is 0 Å². The molecular formula is C21H23N3O6S. The topological polar surface area (TPSA) is 110 Å². The summed E-state index contributed by atoms with van der Waals surface area (Å²) in [4.78, 5) is 24.4. The van der Waals surface area contributed by atoms with Crippen LogP contribution >= 0.6 is 0 Å². The highest BCUT2D eigenvalue weighted by Gasteiger charge is 2.67.